The number of nitrogens with one attached hydrogen (secondary N) is 1. The minimum Gasteiger partial charge on any atom is -0.341 e. The van der Waals surface area contributed by atoms with E-state index in [0.717, 1.165) is 23.9 Å². The molecule has 0 radical (unpaired) electrons. The van der Waals surface area contributed by atoms with Gasteiger partial charge < -0.3 is 14.8 Å². The predicted octanol–water partition coefficient (Wildman–Crippen LogP) is 1.03. The molecule has 0 bridgehead atoms. The molecule has 4 rings (SSSR count). The average molecular weight is 360 g/mol. The molecule has 1 N–H and O–H groups in total. The maximum Gasteiger partial charge on any atom is 0.326 e. The van der Waals surface area contributed by atoms with Crippen LogP contribution in [0.15, 0.2) is 29.1 Å². The largest absolute Gasteiger partial charge is 0.341 e. The fraction of sp³-hybridized carbons (Fsp3) is 0.471. The van der Waals surface area contributed by atoms with Crippen LogP contribution in [0.3, 0.4) is 0 Å². The number of para-hydroxylation sites is 2. The van der Waals surface area contributed by atoms with Gasteiger partial charge in [-0.05, 0) is 25.0 Å². The Hall–Kier alpha value is -2.22. The molecule has 2 saturated heterocycles. The van der Waals surface area contributed by atoms with Crippen LogP contribution in [0.4, 0.5) is 0 Å². The van der Waals surface area contributed by atoms with Crippen molar-refractivity contribution in [2.24, 2.45) is 0 Å². The summed E-state index contributed by atoms with van der Waals surface area (Å²) in [5.74, 6) is 1.11. The van der Waals surface area contributed by atoms with Gasteiger partial charge in [0.15, 0.2) is 0 Å². The fourth-order valence-corrected chi connectivity index (χ4v) is 4.52. The maximum atomic E-state index is 12.4. The maximum absolute atomic E-state index is 12.4. The smallest absolute Gasteiger partial charge is 0.326 e. The van der Waals surface area contributed by atoms with Gasteiger partial charge in [0.1, 0.15) is 6.54 Å². The zero-order valence-corrected chi connectivity index (χ0v) is 14.6. The Labute approximate surface area is 149 Å². The summed E-state index contributed by atoms with van der Waals surface area (Å²) in [5, 5.41) is 0. The van der Waals surface area contributed by atoms with Gasteiger partial charge in [-0.1, -0.05) is 12.1 Å². The molecule has 132 valence electrons. The first-order valence-electron chi connectivity index (χ1n) is 8.46. The highest BCUT2D eigenvalue weighted by molar-refractivity contribution is 8.00. The van der Waals surface area contributed by atoms with Crippen molar-refractivity contribution in [1.82, 2.24) is 19.4 Å². The Balaban J connectivity index is 1.42. The number of carbonyl (C=O) groups is 2. The number of rotatable bonds is 3. The van der Waals surface area contributed by atoms with E-state index in [2.05, 4.69) is 4.98 Å². The lowest BCUT2D eigenvalue weighted by Gasteiger charge is -2.33. The molecule has 2 aliphatic rings. The molecule has 7 nitrogen and oxygen atoms in total. The van der Waals surface area contributed by atoms with Crippen molar-refractivity contribution < 1.29 is 9.59 Å². The summed E-state index contributed by atoms with van der Waals surface area (Å²) in [6.45, 7) is 1.40. The Morgan fingerprint density at radius 3 is 2.68 bits per heavy atom. The van der Waals surface area contributed by atoms with Crippen LogP contribution in [0.1, 0.15) is 18.9 Å². The van der Waals surface area contributed by atoms with Crippen molar-refractivity contribution in [3.8, 4) is 0 Å². The van der Waals surface area contributed by atoms with E-state index in [4.69, 9.17) is 0 Å². The summed E-state index contributed by atoms with van der Waals surface area (Å²) in [7, 11) is 0. The van der Waals surface area contributed by atoms with Gasteiger partial charge >= 0.3 is 5.69 Å². The third kappa shape index (κ3) is 3.06. The number of hydrogen-bond acceptors (Lipinski definition) is 4. The first kappa shape index (κ1) is 16.3. The van der Waals surface area contributed by atoms with Gasteiger partial charge in [0.05, 0.1) is 22.7 Å². The summed E-state index contributed by atoms with van der Waals surface area (Å²) in [4.78, 5) is 42.7. The van der Waals surface area contributed by atoms with E-state index in [-0.39, 0.29) is 30.1 Å². The lowest BCUT2D eigenvalue weighted by atomic mass is 10.0. The number of likely N-dealkylation sites (tertiary alicyclic amines) is 1. The van der Waals surface area contributed by atoms with Crippen molar-refractivity contribution >= 4 is 34.6 Å². The van der Waals surface area contributed by atoms with Gasteiger partial charge in [-0.2, -0.15) is 0 Å². The van der Waals surface area contributed by atoms with Gasteiger partial charge in [0, 0.05) is 19.1 Å². The number of benzene rings is 1. The molecule has 1 aromatic carbocycles. The number of H-pyrrole nitrogens is 1. The molecule has 0 saturated carbocycles. The van der Waals surface area contributed by atoms with Crippen molar-refractivity contribution in [3.05, 3.63) is 34.7 Å². The summed E-state index contributed by atoms with van der Waals surface area (Å²) >= 11 is 1.54. The quantitative estimate of drug-likeness (QED) is 0.887. The zero-order chi connectivity index (χ0) is 17.4. The van der Waals surface area contributed by atoms with E-state index < -0.39 is 0 Å². The van der Waals surface area contributed by atoms with Crippen LogP contribution in [-0.4, -0.2) is 62.4 Å². The lowest BCUT2D eigenvalue weighted by molar-refractivity contribution is -0.138. The van der Waals surface area contributed by atoms with Crippen LogP contribution in [-0.2, 0) is 9.59 Å². The number of thioether (sulfide) groups is 1. The number of piperidine rings is 1. The number of nitrogens with zero attached hydrogens (tertiary/aromatic N) is 3. The molecule has 3 heterocycles. The molecule has 1 aromatic heterocycles. The van der Waals surface area contributed by atoms with Crippen molar-refractivity contribution in [2.75, 3.05) is 31.3 Å². The summed E-state index contributed by atoms with van der Waals surface area (Å²) in [5.41, 5.74) is 1.67. The van der Waals surface area contributed by atoms with E-state index in [1.807, 2.05) is 33.7 Å². The van der Waals surface area contributed by atoms with Crippen molar-refractivity contribution in [1.29, 1.82) is 0 Å². The first-order valence-corrected chi connectivity index (χ1v) is 9.61. The van der Waals surface area contributed by atoms with Gasteiger partial charge in [-0.3, -0.25) is 14.2 Å². The SMILES string of the molecule is O=C(CN1CSCC1=O)N1CCC(n2c(=O)[nH]c3ccccc32)CC1. The molecule has 2 amide bonds. The Kier molecular flexibility index (Phi) is 4.29. The minimum absolute atomic E-state index is 0.000531. The Bertz CT molecular complexity index is 866. The highest BCUT2D eigenvalue weighted by atomic mass is 32.2. The van der Waals surface area contributed by atoms with Gasteiger partial charge in [-0.15, -0.1) is 11.8 Å². The third-order valence-corrected chi connectivity index (χ3v) is 5.90. The number of aromatic nitrogens is 2. The highest BCUT2D eigenvalue weighted by Gasteiger charge is 2.29. The monoisotopic (exact) mass is 360 g/mol. The Morgan fingerprint density at radius 1 is 1.20 bits per heavy atom. The molecule has 2 aromatic rings. The minimum atomic E-state index is -0.0920. The van der Waals surface area contributed by atoms with Crippen LogP contribution in [0.25, 0.3) is 11.0 Å². The lowest BCUT2D eigenvalue weighted by Crippen LogP contribution is -2.45. The zero-order valence-electron chi connectivity index (χ0n) is 13.8. The number of aromatic amines is 1. The molecule has 0 spiro atoms. The van der Waals surface area contributed by atoms with Crippen LogP contribution in [0.5, 0.6) is 0 Å². The van der Waals surface area contributed by atoms with E-state index in [1.165, 1.54) is 0 Å². The van der Waals surface area contributed by atoms with E-state index >= 15 is 0 Å². The van der Waals surface area contributed by atoms with Crippen LogP contribution >= 0.6 is 11.8 Å². The fourth-order valence-electron chi connectivity index (χ4n) is 3.61. The molecule has 25 heavy (non-hydrogen) atoms. The van der Waals surface area contributed by atoms with Crippen LogP contribution < -0.4 is 5.69 Å². The molecule has 2 aliphatic heterocycles. The normalized spacial score (nSPS) is 19.1. The topological polar surface area (TPSA) is 78.4 Å². The number of hydrogen-bond donors (Lipinski definition) is 1. The molecular formula is C17H20N4O3S. The second-order valence-corrected chi connectivity index (χ2v) is 7.45. The average Bonchev–Trinajstić information content (AvgIpc) is 3.17. The second kappa shape index (κ2) is 6.59. The molecule has 0 unspecified atom stereocenters. The summed E-state index contributed by atoms with van der Waals surface area (Å²) in [6.07, 6.45) is 1.49. The number of amides is 2. The van der Waals surface area contributed by atoms with E-state index in [0.29, 0.717) is 24.7 Å². The first-order chi connectivity index (χ1) is 12.1. The van der Waals surface area contributed by atoms with Gasteiger partial charge in [-0.25, -0.2) is 4.79 Å². The molecule has 0 atom stereocenters. The molecule has 2 fully saturated rings. The highest BCUT2D eigenvalue weighted by Crippen LogP contribution is 2.25. The van der Waals surface area contributed by atoms with E-state index in [1.54, 1.807) is 16.7 Å². The number of carbonyl (C=O) groups excluding carboxylic acids is 2. The third-order valence-electron chi connectivity index (χ3n) is 4.96. The predicted molar refractivity (Wildman–Crippen MR) is 96.4 cm³/mol. The standard InChI is InChI=1S/C17H20N4O3S/c22-15(9-20-11-25-10-16(20)23)19-7-5-12(6-8-19)21-14-4-2-1-3-13(14)18-17(21)24/h1-4,12H,5-11H2,(H,18,24). The molecule has 8 heteroatoms. The van der Waals surface area contributed by atoms with Gasteiger partial charge in [0.25, 0.3) is 0 Å². The second-order valence-electron chi connectivity index (χ2n) is 6.50. The number of fused-ring (bicyclic) bond motifs is 1. The molecule has 0 aliphatic carbocycles. The van der Waals surface area contributed by atoms with Crippen LogP contribution in [0.2, 0.25) is 0 Å². The summed E-state index contributed by atoms with van der Waals surface area (Å²) in [6, 6.07) is 7.77. The number of imidazole rings is 1. The van der Waals surface area contributed by atoms with Gasteiger partial charge in [0.2, 0.25) is 11.8 Å². The Morgan fingerprint density at radius 2 is 1.96 bits per heavy atom. The summed E-state index contributed by atoms with van der Waals surface area (Å²) < 4.78 is 1.82. The van der Waals surface area contributed by atoms with Crippen molar-refractivity contribution in [3.63, 3.8) is 0 Å². The molecular weight excluding hydrogens is 340 g/mol. The van der Waals surface area contributed by atoms with Crippen LogP contribution in [0, 0.1) is 0 Å². The van der Waals surface area contributed by atoms with E-state index in [9.17, 15) is 14.4 Å². The van der Waals surface area contributed by atoms with Crippen molar-refractivity contribution in [2.45, 2.75) is 18.9 Å².